The van der Waals surface area contributed by atoms with Crippen molar-refractivity contribution >= 4 is 22.5 Å². The number of fused-ring (bicyclic) bond motifs is 2. The number of rotatable bonds is 4. The van der Waals surface area contributed by atoms with E-state index in [1.807, 2.05) is 13.2 Å². The van der Waals surface area contributed by atoms with Gasteiger partial charge in [-0.25, -0.2) is 15.0 Å². The zero-order valence-corrected chi connectivity index (χ0v) is 18.5. The van der Waals surface area contributed by atoms with Gasteiger partial charge < -0.3 is 19.9 Å². The lowest BCUT2D eigenvalue weighted by atomic mass is 9.90. The number of nitrogens with zero attached hydrogens (tertiary/aromatic N) is 5. The summed E-state index contributed by atoms with van der Waals surface area (Å²) in [5.41, 5.74) is 3.08. The number of hydrogen-bond acceptors (Lipinski definition) is 7. The first-order valence-corrected chi connectivity index (χ1v) is 11.1. The van der Waals surface area contributed by atoms with E-state index in [0.29, 0.717) is 18.7 Å². The Hall–Kier alpha value is -2.93. The van der Waals surface area contributed by atoms with Crippen LogP contribution in [0.1, 0.15) is 25.7 Å². The van der Waals surface area contributed by atoms with Crippen LogP contribution in [0.4, 0.5) is 11.6 Å². The zero-order valence-electron chi connectivity index (χ0n) is 18.5. The highest BCUT2D eigenvalue weighted by molar-refractivity contribution is 5.92. The molecule has 0 bridgehead atoms. The Bertz CT molecular complexity index is 1080. The summed E-state index contributed by atoms with van der Waals surface area (Å²) >= 11 is 0. The molecular formula is C24H30N6O. The first kappa shape index (κ1) is 20.0. The van der Waals surface area contributed by atoms with E-state index in [4.69, 9.17) is 4.74 Å². The lowest BCUT2D eigenvalue weighted by molar-refractivity contribution is 0.221. The van der Waals surface area contributed by atoms with Crippen molar-refractivity contribution < 1.29 is 4.74 Å². The van der Waals surface area contributed by atoms with E-state index in [1.54, 1.807) is 6.33 Å². The van der Waals surface area contributed by atoms with Crippen molar-refractivity contribution in [1.82, 2.24) is 19.9 Å². The summed E-state index contributed by atoms with van der Waals surface area (Å²) in [5, 5.41) is 4.75. The van der Waals surface area contributed by atoms with Crippen molar-refractivity contribution in [3.63, 3.8) is 0 Å². The molecule has 3 aromatic rings. The molecule has 1 fully saturated rings. The Morgan fingerprint density at radius 1 is 1.03 bits per heavy atom. The van der Waals surface area contributed by atoms with E-state index >= 15 is 0 Å². The smallest absolute Gasteiger partial charge is 0.171 e. The van der Waals surface area contributed by atoms with Crippen LogP contribution in [0.25, 0.3) is 22.0 Å². The second kappa shape index (κ2) is 8.30. The molecule has 5 rings (SSSR count). The second-order valence-corrected chi connectivity index (χ2v) is 8.88. The van der Waals surface area contributed by atoms with Gasteiger partial charge in [0, 0.05) is 36.3 Å². The summed E-state index contributed by atoms with van der Waals surface area (Å²) in [6, 6.07) is 9.54. The van der Waals surface area contributed by atoms with E-state index in [0.717, 1.165) is 58.8 Å². The van der Waals surface area contributed by atoms with Crippen LogP contribution in [-0.2, 0) is 0 Å². The Balaban J connectivity index is 1.42. The molecule has 7 nitrogen and oxygen atoms in total. The van der Waals surface area contributed by atoms with Crippen LogP contribution in [0.5, 0.6) is 5.75 Å². The van der Waals surface area contributed by atoms with Gasteiger partial charge in [0.1, 0.15) is 18.8 Å². The Morgan fingerprint density at radius 2 is 1.87 bits per heavy atom. The molecule has 0 amide bonds. The van der Waals surface area contributed by atoms with E-state index in [-0.39, 0.29) is 0 Å². The molecule has 31 heavy (non-hydrogen) atoms. The number of hydrogen-bond donors (Lipinski definition) is 1. The maximum absolute atomic E-state index is 5.85. The SMILES string of the molecule is CN1CCOc2cc(-c3ccc4ncnc(NC5CCC(N(C)C)CC5)c4c3)cnc21. The van der Waals surface area contributed by atoms with Gasteiger partial charge in [-0.05, 0) is 63.5 Å². The predicted molar refractivity (Wildman–Crippen MR) is 125 cm³/mol. The minimum absolute atomic E-state index is 0.451. The van der Waals surface area contributed by atoms with Crippen molar-refractivity contribution in [2.24, 2.45) is 0 Å². The lowest BCUT2D eigenvalue weighted by Crippen LogP contribution is -2.36. The Morgan fingerprint density at radius 3 is 2.68 bits per heavy atom. The van der Waals surface area contributed by atoms with Gasteiger partial charge in [0.05, 0.1) is 12.1 Å². The maximum Gasteiger partial charge on any atom is 0.171 e. The van der Waals surface area contributed by atoms with Gasteiger partial charge in [0.2, 0.25) is 0 Å². The fraction of sp³-hybridized carbons (Fsp3) is 0.458. The van der Waals surface area contributed by atoms with Gasteiger partial charge >= 0.3 is 0 Å². The van der Waals surface area contributed by atoms with Crippen molar-refractivity contribution in [2.75, 3.05) is 44.5 Å². The normalized spacial score (nSPS) is 21.1. The monoisotopic (exact) mass is 418 g/mol. The lowest BCUT2D eigenvalue weighted by Gasteiger charge is -2.33. The van der Waals surface area contributed by atoms with E-state index in [9.17, 15) is 0 Å². The van der Waals surface area contributed by atoms with Gasteiger partial charge in [-0.3, -0.25) is 0 Å². The molecule has 0 unspecified atom stereocenters. The molecule has 3 heterocycles. The first-order chi connectivity index (χ1) is 15.1. The maximum atomic E-state index is 5.85. The van der Waals surface area contributed by atoms with Crippen molar-refractivity contribution in [1.29, 1.82) is 0 Å². The largest absolute Gasteiger partial charge is 0.488 e. The predicted octanol–water partition coefficient (Wildman–Crippen LogP) is 3.81. The van der Waals surface area contributed by atoms with Gasteiger partial charge in [-0.15, -0.1) is 0 Å². The molecule has 1 N–H and O–H groups in total. The average molecular weight is 419 g/mol. The molecule has 7 heteroatoms. The van der Waals surface area contributed by atoms with Crippen LogP contribution in [0, 0.1) is 0 Å². The number of anilines is 2. The molecule has 2 aliphatic rings. The topological polar surface area (TPSA) is 66.4 Å². The second-order valence-electron chi connectivity index (χ2n) is 8.88. The van der Waals surface area contributed by atoms with Crippen molar-refractivity contribution in [3.8, 4) is 16.9 Å². The summed E-state index contributed by atoms with van der Waals surface area (Å²) < 4.78 is 5.85. The highest BCUT2D eigenvalue weighted by Crippen LogP contribution is 2.34. The molecule has 0 spiro atoms. The van der Waals surface area contributed by atoms with Gasteiger partial charge in [-0.1, -0.05) is 6.07 Å². The third kappa shape index (κ3) is 4.02. The highest BCUT2D eigenvalue weighted by Gasteiger charge is 2.23. The third-order valence-corrected chi connectivity index (χ3v) is 6.62. The fourth-order valence-corrected chi connectivity index (χ4v) is 4.67. The fourth-order valence-electron chi connectivity index (χ4n) is 4.67. The van der Waals surface area contributed by atoms with E-state index < -0.39 is 0 Å². The number of pyridine rings is 1. The highest BCUT2D eigenvalue weighted by atomic mass is 16.5. The number of aromatic nitrogens is 3. The summed E-state index contributed by atoms with van der Waals surface area (Å²) in [5.74, 6) is 2.66. The van der Waals surface area contributed by atoms with Crippen LogP contribution in [0.3, 0.4) is 0 Å². The van der Waals surface area contributed by atoms with E-state index in [2.05, 4.69) is 68.4 Å². The molecule has 0 radical (unpaired) electrons. The van der Waals surface area contributed by atoms with Gasteiger partial charge in [0.25, 0.3) is 0 Å². The standard InChI is InChI=1S/C24H30N6O/c1-29(2)19-7-5-18(6-8-19)28-23-20-12-16(4-9-21(20)26-15-27-23)17-13-22-24(25-14-17)30(3)10-11-31-22/h4,9,12-15,18-19H,5-8,10-11H2,1-3H3,(H,26,27,28). The van der Waals surface area contributed by atoms with Crippen molar-refractivity contribution in [2.45, 2.75) is 37.8 Å². The molecular weight excluding hydrogens is 388 g/mol. The quantitative estimate of drug-likeness (QED) is 0.691. The minimum atomic E-state index is 0.451. The molecule has 162 valence electrons. The van der Waals surface area contributed by atoms with Crippen LogP contribution >= 0.6 is 0 Å². The summed E-state index contributed by atoms with van der Waals surface area (Å²) in [6.07, 6.45) is 8.33. The molecule has 2 aromatic heterocycles. The molecule has 0 saturated heterocycles. The number of likely N-dealkylation sites (N-methyl/N-ethyl adjacent to an activating group) is 1. The van der Waals surface area contributed by atoms with Crippen LogP contribution in [0.2, 0.25) is 0 Å². The number of ether oxygens (including phenoxy) is 1. The number of nitrogens with one attached hydrogen (secondary N) is 1. The minimum Gasteiger partial charge on any atom is -0.488 e. The Labute approximate surface area is 183 Å². The average Bonchev–Trinajstić information content (AvgIpc) is 2.79. The van der Waals surface area contributed by atoms with E-state index in [1.165, 1.54) is 12.8 Å². The summed E-state index contributed by atoms with van der Waals surface area (Å²) in [6.45, 7) is 1.54. The molecule has 1 aliphatic heterocycles. The molecule has 1 saturated carbocycles. The van der Waals surface area contributed by atoms with Gasteiger partial charge in [0.15, 0.2) is 11.6 Å². The van der Waals surface area contributed by atoms with Crippen LogP contribution in [-0.4, -0.2) is 66.2 Å². The molecule has 1 aromatic carbocycles. The summed E-state index contributed by atoms with van der Waals surface area (Å²) in [4.78, 5) is 18.2. The number of benzene rings is 1. The molecule has 1 aliphatic carbocycles. The summed E-state index contributed by atoms with van der Waals surface area (Å²) in [7, 11) is 6.40. The Kier molecular flexibility index (Phi) is 5.36. The van der Waals surface area contributed by atoms with Crippen molar-refractivity contribution in [3.05, 3.63) is 36.8 Å². The zero-order chi connectivity index (χ0) is 21.4. The third-order valence-electron chi connectivity index (χ3n) is 6.62. The molecule has 0 atom stereocenters. The first-order valence-electron chi connectivity index (χ1n) is 11.1. The van der Waals surface area contributed by atoms with Crippen LogP contribution < -0.4 is 15.0 Å². The van der Waals surface area contributed by atoms with Crippen LogP contribution in [0.15, 0.2) is 36.8 Å². The van der Waals surface area contributed by atoms with Gasteiger partial charge in [-0.2, -0.15) is 0 Å².